The van der Waals surface area contributed by atoms with Gasteiger partial charge in [0.2, 0.25) is 0 Å². The summed E-state index contributed by atoms with van der Waals surface area (Å²) in [4.78, 5) is 29.8. The van der Waals surface area contributed by atoms with Crippen LogP contribution in [-0.2, 0) is 0 Å². The van der Waals surface area contributed by atoms with Crippen molar-refractivity contribution in [2.24, 2.45) is 0 Å². The molecule has 0 radical (unpaired) electrons. The normalized spacial score (nSPS) is 17.6. The van der Waals surface area contributed by atoms with Gasteiger partial charge in [0, 0.05) is 127 Å². The molecule has 0 saturated heterocycles. The Kier molecular flexibility index (Phi) is 6.41. The molecule has 12 heteroatoms. The van der Waals surface area contributed by atoms with Crippen molar-refractivity contribution in [2.75, 3.05) is 93.5 Å². The van der Waals surface area contributed by atoms with Crippen molar-refractivity contribution < 1.29 is 0 Å². The summed E-state index contributed by atoms with van der Waals surface area (Å²) in [6.07, 6.45) is 21.0. The SMILES string of the molecule is CN1C=CN(c2cc3c(cn2)c2cnc(N4C=CN(C)C4)cc2n3-c2cc(N3C=CN(C)C3)c(N(C)C)c(N3C=CN(C)C3)c2)C1. The van der Waals surface area contributed by atoms with Crippen molar-refractivity contribution in [3.63, 3.8) is 0 Å². The largest absolute Gasteiger partial charge is 0.374 e. The maximum absolute atomic E-state index is 4.93. The number of aromatic nitrogens is 3. The van der Waals surface area contributed by atoms with Crippen LogP contribution in [0.2, 0.25) is 0 Å². The lowest BCUT2D eigenvalue weighted by molar-refractivity contribution is 0.494. The third-order valence-electron chi connectivity index (χ3n) is 8.98. The lowest BCUT2D eigenvalue weighted by Gasteiger charge is -2.31. The van der Waals surface area contributed by atoms with Gasteiger partial charge in [-0.15, -0.1) is 0 Å². The smallest absolute Gasteiger partial charge is 0.136 e. The highest BCUT2D eigenvalue weighted by Crippen LogP contribution is 2.44. The molecule has 7 heterocycles. The molecule has 0 N–H and O–H groups in total. The number of benzene rings is 1. The predicted molar refractivity (Wildman–Crippen MR) is 188 cm³/mol. The highest BCUT2D eigenvalue weighted by Gasteiger charge is 2.27. The summed E-state index contributed by atoms with van der Waals surface area (Å²) in [6.45, 7) is 3.07. The fourth-order valence-corrected chi connectivity index (χ4v) is 6.72. The van der Waals surface area contributed by atoms with Gasteiger partial charge in [-0.25, -0.2) is 9.97 Å². The summed E-state index contributed by atoms with van der Waals surface area (Å²) < 4.78 is 2.40. The zero-order valence-electron chi connectivity index (χ0n) is 27.3. The molecule has 8 rings (SSSR count). The molecule has 3 aromatic heterocycles. The van der Waals surface area contributed by atoms with Crippen LogP contribution in [0.3, 0.4) is 0 Å². The average molecular weight is 617 g/mol. The van der Waals surface area contributed by atoms with Gasteiger partial charge in [0.1, 0.15) is 11.6 Å². The van der Waals surface area contributed by atoms with Crippen molar-refractivity contribution in [1.82, 2.24) is 34.1 Å². The Hall–Kier alpha value is -5.52. The van der Waals surface area contributed by atoms with Crippen molar-refractivity contribution in [3.8, 4) is 5.69 Å². The molecular weight excluding hydrogens is 576 g/mol. The van der Waals surface area contributed by atoms with E-state index in [9.17, 15) is 0 Å². The van der Waals surface area contributed by atoms with E-state index in [4.69, 9.17) is 9.97 Å². The second kappa shape index (κ2) is 10.5. The summed E-state index contributed by atoms with van der Waals surface area (Å²) in [5.41, 5.74) is 6.73. The van der Waals surface area contributed by atoms with Gasteiger partial charge in [-0.1, -0.05) is 0 Å². The lowest BCUT2D eigenvalue weighted by Crippen LogP contribution is -2.27. The maximum Gasteiger partial charge on any atom is 0.136 e. The quantitative estimate of drug-likeness (QED) is 0.311. The van der Waals surface area contributed by atoms with Gasteiger partial charge in [-0.3, -0.25) is 0 Å². The van der Waals surface area contributed by atoms with Crippen LogP contribution in [0.5, 0.6) is 0 Å². The zero-order chi connectivity index (χ0) is 31.7. The fraction of sp³-hybridized carbons (Fsp3) is 0.294. The minimum Gasteiger partial charge on any atom is -0.374 e. The molecule has 12 nitrogen and oxygen atoms in total. The van der Waals surface area contributed by atoms with Crippen LogP contribution < -0.4 is 24.5 Å². The zero-order valence-corrected chi connectivity index (χ0v) is 27.3. The molecule has 0 unspecified atom stereocenters. The molecule has 236 valence electrons. The molecule has 0 saturated carbocycles. The number of nitrogens with zero attached hydrogens (tertiary/aromatic N) is 12. The molecule has 0 atom stereocenters. The highest BCUT2D eigenvalue weighted by molar-refractivity contribution is 6.10. The van der Waals surface area contributed by atoms with E-state index in [2.05, 4.69) is 165 Å². The maximum atomic E-state index is 4.93. The van der Waals surface area contributed by atoms with Crippen molar-refractivity contribution in [3.05, 3.63) is 86.3 Å². The Morgan fingerprint density at radius 1 is 0.522 bits per heavy atom. The minimum absolute atomic E-state index is 0.759. The van der Waals surface area contributed by atoms with Crippen LogP contribution in [-0.4, -0.2) is 103 Å². The number of hydrogen-bond donors (Lipinski definition) is 0. The summed E-state index contributed by atoms with van der Waals surface area (Å²) in [7, 11) is 12.6. The standard InChI is InChI=1S/C34H40N12/c1-37(2)34-30(42-11-7-38(3)21-42)15-25(16-31(34)43-12-8-39(4)22-43)46-28-17-32(44-13-9-40(5)23-44)35-19-26(28)27-20-36-33(18-29(27)46)45-14-10-41(6)24-45/h7-20H,21-24H2,1-6H3. The van der Waals surface area contributed by atoms with E-state index in [1.54, 1.807) is 0 Å². The average Bonchev–Trinajstić information content (AvgIpc) is 3.88. The number of pyridine rings is 2. The summed E-state index contributed by atoms with van der Waals surface area (Å²) in [6, 6.07) is 9.10. The molecule has 0 spiro atoms. The Bertz CT molecular complexity index is 1820. The van der Waals surface area contributed by atoms with Gasteiger partial charge in [0.15, 0.2) is 0 Å². The summed E-state index contributed by atoms with van der Waals surface area (Å²) >= 11 is 0. The van der Waals surface area contributed by atoms with Gasteiger partial charge in [-0.05, 0) is 12.1 Å². The van der Waals surface area contributed by atoms with E-state index in [0.717, 1.165) is 77.2 Å². The summed E-state index contributed by atoms with van der Waals surface area (Å²) in [5, 5.41) is 2.15. The van der Waals surface area contributed by atoms with Gasteiger partial charge >= 0.3 is 0 Å². The first-order valence-electron chi connectivity index (χ1n) is 15.5. The monoisotopic (exact) mass is 616 g/mol. The van der Waals surface area contributed by atoms with E-state index in [1.807, 2.05) is 12.4 Å². The number of rotatable bonds is 6. The second-order valence-electron chi connectivity index (χ2n) is 12.8. The van der Waals surface area contributed by atoms with Crippen molar-refractivity contribution in [2.45, 2.75) is 0 Å². The minimum atomic E-state index is 0.759. The first kappa shape index (κ1) is 28.0. The van der Waals surface area contributed by atoms with E-state index < -0.39 is 0 Å². The Morgan fingerprint density at radius 3 is 1.26 bits per heavy atom. The van der Waals surface area contributed by atoms with E-state index in [0.29, 0.717) is 0 Å². The molecule has 4 aliphatic heterocycles. The summed E-state index contributed by atoms with van der Waals surface area (Å²) in [5.74, 6) is 1.82. The van der Waals surface area contributed by atoms with Gasteiger partial charge in [-0.2, -0.15) is 0 Å². The second-order valence-corrected chi connectivity index (χ2v) is 12.8. The number of hydrogen-bond acceptors (Lipinski definition) is 11. The van der Waals surface area contributed by atoms with Gasteiger partial charge < -0.3 is 48.7 Å². The molecule has 4 aliphatic rings. The van der Waals surface area contributed by atoms with Crippen LogP contribution in [0.4, 0.5) is 28.7 Å². The van der Waals surface area contributed by atoms with Crippen LogP contribution >= 0.6 is 0 Å². The Labute approximate surface area is 269 Å². The third kappa shape index (κ3) is 4.59. The Balaban J connectivity index is 1.40. The molecule has 46 heavy (non-hydrogen) atoms. The van der Waals surface area contributed by atoms with E-state index in [-0.39, 0.29) is 0 Å². The highest BCUT2D eigenvalue weighted by atomic mass is 15.4. The van der Waals surface area contributed by atoms with Gasteiger partial charge in [0.05, 0.1) is 60.5 Å². The number of anilines is 5. The van der Waals surface area contributed by atoms with Crippen LogP contribution in [0.1, 0.15) is 0 Å². The van der Waals surface area contributed by atoms with Gasteiger partial charge in [0.25, 0.3) is 0 Å². The molecule has 0 amide bonds. The van der Waals surface area contributed by atoms with Crippen molar-refractivity contribution in [1.29, 1.82) is 0 Å². The molecular formula is C34H40N12. The van der Waals surface area contributed by atoms with Crippen molar-refractivity contribution >= 4 is 50.5 Å². The molecule has 0 fully saturated rings. The van der Waals surface area contributed by atoms with Crippen LogP contribution in [0.15, 0.2) is 86.3 Å². The van der Waals surface area contributed by atoms with E-state index >= 15 is 0 Å². The predicted octanol–water partition coefficient (Wildman–Crippen LogP) is 4.36. The molecule has 1 aromatic carbocycles. The topological polar surface area (TPSA) is 59.9 Å². The fourth-order valence-electron chi connectivity index (χ4n) is 6.72. The molecule has 0 aliphatic carbocycles. The Morgan fingerprint density at radius 2 is 0.913 bits per heavy atom. The van der Waals surface area contributed by atoms with Crippen LogP contribution in [0.25, 0.3) is 27.5 Å². The first-order chi connectivity index (χ1) is 22.2. The first-order valence-corrected chi connectivity index (χ1v) is 15.5. The third-order valence-corrected chi connectivity index (χ3v) is 8.98. The molecule has 4 aromatic rings. The lowest BCUT2D eigenvalue weighted by atomic mass is 10.1. The van der Waals surface area contributed by atoms with E-state index in [1.165, 1.54) is 5.69 Å². The molecule has 0 bridgehead atoms. The van der Waals surface area contributed by atoms with Crippen LogP contribution in [0, 0.1) is 0 Å². The number of fused-ring (bicyclic) bond motifs is 3.